The second-order valence-electron chi connectivity index (χ2n) is 31.5. The molecular formula is C88H108FN11O16. The van der Waals surface area contributed by atoms with Gasteiger partial charge in [-0.1, -0.05) is 82.1 Å². The van der Waals surface area contributed by atoms with Gasteiger partial charge >= 0.3 is 5.97 Å². The lowest BCUT2D eigenvalue weighted by atomic mass is 9.63. The second kappa shape index (κ2) is 37.2. The summed E-state index contributed by atoms with van der Waals surface area (Å²) in [5.74, 6) is -1.06. The van der Waals surface area contributed by atoms with Gasteiger partial charge < -0.3 is 53.0 Å². The van der Waals surface area contributed by atoms with E-state index in [9.17, 15) is 57.1 Å². The lowest BCUT2D eigenvalue weighted by molar-refractivity contribution is -0.160. The molecule has 0 atom stereocenters. The number of aliphatic carboxylic acids is 1. The third-order valence-electron chi connectivity index (χ3n) is 23.7. The lowest BCUT2D eigenvalue weighted by Crippen LogP contribution is -2.74. The van der Waals surface area contributed by atoms with Gasteiger partial charge in [0.15, 0.2) is 0 Å². The molecule has 618 valence electrons. The summed E-state index contributed by atoms with van der Waals surface area (Å²) in [7, 11) is 16.2. The van der Waals surface area contributed by atoms with Gasteiger partial charge in [0.25, 0.3) is 40.7 Å². The van der Waals surface area contributed by atoms with E-state index in [0.717, 1.165) is 136 Å². The number of aromatic nitrogens is 4. The minimum atomic E-state index is -1.26. The molecule has 0 radical (unpaired) electrons. The summed E-state index contributed by atoms with van der Waals surface area (Å²) in [5.41, 5.74) is 14.2. The molecule has 16 rings (SSSR count). The molecule has 4 aromatic heterocycles. The Bertz CT molecular complexity index is 5190. The van der Waals surface area contributed by atoms with Crippen LogP contribution >= 0.6 is 0 Å². The first-order valence-corrected chi connectivity index (χ1v) is 39.7. The van der Waals surface area contributed by atoms with E-state index in [1.165, 1.54) is 31.2 Å². The van der Waals surface area contributed by atoms with Crippen LogP contribution in [0.25, 0.3) is 44.1 Å². The highest BCUT2D eigenvalue weighted by Crippen LogP contribution is 2.51. The number of nitrogens with two attached hydrogens (primary N) is 1. The average Bonchev–Trinajstić information content (AvgIpc) is 1.64. The van der Waals surface area contributed by atoms with Crippen LogP contribution in [-0.4, -0.2) is 176 Å². The summed E-state index contributed by atoms with van der Waals surface area (Å²) in [6.07, 6.45) is 24.6. The van der Waals surface area contributed by atoms with Crippen molar-refractivity contribution in [2.24, 2.45) is 45.8 Å². The first-order chi connectivity index (χ1) is 56.1. The van der Waals surface area contributed by atoms with E-state index in [-0.39, 0.29) is 71.8 Å². The number of carboxylic acids is 1. The summed E-state index contributed by atoms with van der Waals surface area (Å²) in [4.78, 5) is 145. The van der Waals surface area contributed by atoms with Gasteiger partial charge in [-0.2, -0.15) is 0 Å². The van der Waals surface area contributed by atoms with E-state index in [0.29, 0.717) is 97.0 Å². The van der Waals surface area contributed by atoms with Crippen LogP contribution in [0.4, 0.5) is 4.39 Å². The number of carbonyl (C=O) groups is 9. The predicted molar refractivity (Wildman–Crippen MR) is 437 cm³/mol. The van der Waals surface area contributed by atoms with Gasteiger partial charge in [0.05, 0.1) is 72.3 Å². The quantitative estimate of drug-likeness (QED) is 0.0215. The molecule has 4 saturated heterocycles. The Kier molecular flexibility index (Phi) is 27.1. The Morgan fingerprint density at radius 3 is 1.42 bits per heavy atom. The maximum atomic E-state index is 13.6. The number of aryl methyl sites for hydroxylation is 6. The molecule has 0 unspecified atom stereocenters. The molecule has 5 N–H and O–H groups in total. The fraction of sp³-hybridized carbons (Fsp3) is 0.466. The number of unbranched alkanes of at least 4 members (excludes halogenated alkanes) is 11. The summed E-state index contributed by atoms with van der Waals surface area (Å²) < 4.78 is 45.1. The third-order valence-corrected chi connectivity index (χ3v) is 23.7. The number of ether oxygens (including phenoxy) is 4. The fourth-order valence-corrected chi connectivity index (χ4v) is 17.5. The van der Waals surface area contributed by atoms with Gasteiger partial charge in [-0.25, -0.2) is 0 Å². The van der Waals surface area contributed by atoms with Crippen LogP contribution in [-0.2, 0) is 89.4 Å². The fourth-order valence-electron chi connectivity index (χ4n) is 17.5. The zero-order valence-electron chi connectivity index (χ0n) is 69.1. The van der Waals surface area contributed by atoms with E-state index >= 15 is 0 Å². The number of nitrogens with one attached hydrogen (secondary N) is 2. The Labute approximate surface area is 675 Å². The van der Waals surface area contributed by atoms with Gasteiger partial charge in [0.2, 0.25) is 11.8 Å². The summed E-state index contributed by atoms with van der Waals surface area (Å²) in [5, 5.41) is 15.5. The number of hydrogen-bond donors (Lipinski definition) is 4. The van der Waals surface area contributed by atoms with Crippen molar-refractivity contribution in [1.82, 2.24) is 48.5 Å². The SMILES string of the molecule is COc1cc(-c2cn(C)c(=O)c3c2ccn3C)cc(OC)c1CN(C)CC(=O)CCCCCCCCCc1cccc2c1C(=O)N(C13CC(C1)C(=O)NC3=O)C2=O.COc1cc(-c2cn(C)c(=O)c3c2ccn3C)cc(OC)c1CN(C)CC(=O)O.NCCCCCCCCc1cccc2c1CN(C13CC(C1)C(=O)NC3=O)C2=O.[2H]CF. The first-order valence-electron chi connectivity index (χ1n) is 40.4. The van der Waals surface area contributed by atoms with Gasteiger partial charge in [-0.15, -0.1) is 0 Å². The number of fused-ring (bicyclic) bond motifs is 8. The van der Waals surface area contributed by atoms with Crippen molar-refractivity contribution in [3.8, 4) is 45.3 Å². The molecule has 0 spiro atoms. The number of hydrogen-bond acceptors (Lipinski definition) is 18. The number of piperidine rings is 4. The molecule has 4 bridgehead atoms. The number of ketones is 1. The number of nitrogens with zero attached hydrogens (tertiary/aromatic N) is 8. The van der Waals surface area contributed by atoms with Crippen molar-refractivity contribution in [2.45, 2.75) is 159 Å². The highest BCUT2D eigenvalue weighted by molar-refractivity contribution is 6.25. The van der Waals surface area contributed by atoms with Crippen LogP contribution in [0, 0.1) is 11.8 Å². The van der Waals surface area contributed by atoms with Crippen molar-refractivity contribution in [2.75, 3.05) is 69.3 Å². The molecule has 28 heteroatoms. The monoisotopic (exact) mass is 1590 g/mol. The smallest absolute Gasteiger partial charge is 0.317 e. The second-order valence-corrected chi connectivity index (χ2v) is 31.5. The minimum absolute atomic E-state index is 0.0673. The third kappa shape index (κ3) is 17.4. The number of carboxylic acid groups (broad SMARTS) is 1. The number of likely N-dealkylation sites (N-methyl/N-ethyl adjacent to an activating group) is 2. The number of amides is 7. The maximum Gasteiger partial charge on any atom is 0.317 e. The largest absolute Gasteiger partial charge is 0.496 e. The first kappa shape index (κ1) is 84.3. The molecule has 6 aliphatic heterocycles. The number of methoxy groups -OCH3 is 4. The van der Waals surface area contributed by atoms with Crippen LogP contribution in [0.5, 0.6) is 23.0 Å². The summed E-state index contributed by atoms with van der Waals surface area (Å²) in [6.45, 7) is 2.28. The number of halogens is 1. The van der Waals surface area contributed by atoms with E-state index in [1.807, 2.05) is 108 Å². The Hall–Kier alpha value is -11.1. The Morgan fingerprint density at radius 2 is 0.966 bits per heavy atom. The molecule has 2 saturated carbocycles. The van der Waals surface area contributed by atoms with Crippen molar-refractivity contribution in [1.29, 1.82) is 0 Å². The molecule has 7 amide bonds. The average molecular weight is 1600 g/mol. The maximum absolute atomic E-state index is 13.6. The lowest BCUT2D eigenvalue weighted by Gasteiger charge is -2.53. The van der Waals surface area contributed by atoms with Gasteiger partial charge in [0.1, 0.15) is 50.9 Å². The minimum Gasteiger partial charge on any atom is -0.496 e. The highest BCUT2D eigenvalue weighted by atomic mass is 19.1. The van der Waals surface area contributed by atoms with Gasteiger partial charge in [-0.3, -0.25) is 82.5 Å². The van der Waals surface area contributed by atoms with Gasteiger partial charge in [-0.05, 0) is 161 Å². The van der Waals surface area contributed by atoms with Crippen molar-refractivity contribution >= 4 is 74.9 Å². The van der Waals surface area contributed by atoms with E-state index in [1.54, 1.807) is 86.8 Å². The van der Waals surface area contributed by atoms with Gasteiger partial charge in [0, 0.05) is 118 Å². The van der Waals surface area contributed by atoms with Crippen molar-refractivity contribution in [3.63, 3.8) is 0 Å². The Balaban J connectivity index is 0.000000187. The number of carbonyl (C=O) groups excluding carboxylic acids is 8. The molecule has 6 fully saturated rings. The van der Waals surface area contributed by atoms with E-state index in [2.05, 4.69) is 16.7 Å². The number of alkyl halides is 1. The Morgan fingerprint density at radius 1 is 0.543 bits per heavy atom. The van der Waals surface area contributed by atoms with Crippen LogP contribution in [0.3, 0.4) is 0 Å². The van der Waals surface area contributed by atoms with Crippen molar-refractivity contribution < 1.29 is 73.0 Å². The normalized spacial score (nSPS) is 18.3. The molecular weight excluding hydrogens is 1490 g/mol. The number of benzene rings is 4. The molecule has 4 aromatic carbocycles. The highest BCUT2D eigenvalue weighted by Gasteiger charge is 2.66. The standard InChI is InChI=1S/C44H51N5O8.C22H29N3O3.C21H25N3O5.CH3F/c1-46(25-34-35(56-4)20-28(21-36(34)57-5)33-26-48(3)42(54)38-31(33)18-19-47(38)2)24-30(50)16-12-10-8-6-7-9-11-14-27-15-13-17-32-37(27)41(53)49(40(32)52)44-22-29(23-44)39(51)45-43(44)55;23-11-6-4-2-1-3-5-8-15-9-7-10-17-18(15)14-25(20(17)27)22-12-16(13-22)19(26)24-21(22)28;1-22(12-19(25)26)10-16-17(28-4)8-13(9-18(16)29-5)15-11-24(3)21(27)20-14(15)6-7-23(20)2;1-2/h13,15,17-21,26,29H,6-12,14,16,22-25H2,1-5H3,(H,45,51,55);7,9-10,16H,1-6,8,11-14,23H2,(H,24,26,28);6-9,11H,10,12H2,1-5H3,(H,25,26);1H3/i;;;1D. The van der Waals surface area contributed by atoms with E-state index in [4.69, 9.17) is 31.2 Å². The molecule has 10 heterocycles. The molecule has 8 aromatic rings. The van der Waals surface area contributed by atoms with Crippen LogP contribution < -0.4 is 46.4 Å². The van der Waals surface area contributed by atoms with E-state index < -0.39 is 41.9 Å². The van der Waals surface area contributed by atoms with Crippen LogP contribution in [0.15, 0.2) is 107 Å². The summed E-state index contributed by atoms with van der Waals surface area (Å²) >= 11 is 0. The molecule has 27 nitrogen and oxygen atoms in total. The number of imide groups is 3. The number of pyridine rings is 2. The zero-order valence-corrected chi connectivity index (χ0v) is 68.1. The topological polar surface area (TPSA) is 328 Å². The zero-order chi connectivity index (χ0) is 84.3. The number of rotatable bonds is 34. The molecule has 8 aliphatic rings. The number of Topliss-reactive ketones (excluding diaryl/α,β-unsaturated/α-hetero) is 1. The van der Waals surface area contributed by atoms with Crippen LogP contribution in [0.2, 0.25) is 0 Å². The van der Waals surface area contributed by atoms with Crippen molar-refractivity contribution in [3.05, 3.63) is 163 Å². The summed E-state index contributed by atoms with van der Waals surface area (Å²) in [6, 6.07) is 22.8. The predicted octanol–water partition coefficient (Wildman–Crippen LogP) is 10.3. The van der Waals surface area contributed by atoms with Crippen LogP contribution in [0.1, 0.15) is 176 Å². The molecule has 2 aliphatic carbocycles. The molecule has 116 heavy (non-hydrogen) atoms.